The molecule has 0 fully saturated rings. The minimum atomic E-state index is -1.08. The first kappa shape index (κ1) is 14.5. The van der Waals surface area contributed by atoms with Gasteiger partial charge in [-0.3, -0.25) is 4.98 Å². The van der Waals surface area contributed by atoms with Gasteiger partial charge in [-0.15, -0.1) is 0 Å². The molecule has 2 amide bonds. The molecule has 0 aliphatic heterocycles. The molecule has 8 nitrogen and oxygen atoms in total. The Morgan fingerprint density at radius 3 is 2.86 bits per heavy atom. The van der Waals surface area contributed by atoms with Gasteiger partial charge in [0, 0.05) is 25.5 Å². The van der Waals surface area contributed by atoms with Gasteiger partial charge in [0.15, 0.2) is 5.69 Å². The van der Waals surface area contributed by atoms with Crippen molar-refractivity contribution in [2.24, 2.45) is 0 Å². The van der Waals surface area contributed by atoms with Gasteiger partial charge in [-0.2, -0.15) is 0 Å². The number of carboxylic acid groups (broad SMARTS) is 1. The second-order valence-corrected chi connectivity index (χ2v) is 4.32. The summed E-state index contributed by atoms with van der Waals surface area (Å²) in [6, 6.07) is 3.16. The number of aryl methyl sites for hydroxylation is 1. The second kappa shape index (κ2) is 6.51. The number of carbonyl (C=O) groups is 2. The van der Waals surface area contributed by atoms with E-state index in [1.165, 1.54) is 12.5 Å². The number of aromatic carboxylic acids is 1. The second-order valence-electron chi connectivity index (χ2n) is 4.32. The number of pyridine rings is 1. The Labute approximate surface area is 120 Å². The van der Waals surface area contributed by atoms with Crippen molar-refractivity contribution < 1.29 is 14.7 Å². The van der Waals surface area contributed by atoms with Crippen LogP contribution in [0.4, 0.5) is 10.5 Å². The van der Waals surface area contributed by atoms with Crippen molar-refractivity contribution in [2.75, 3.05) is 11.9 Å². The van der Waals surface area contributed by atoms with E-state index in [9.17, 15) is 9.59 Å². The van der Waals surface area contributed by atoms with Crippen molar-refractivity contribution in [1.29, 1.82) is 0 Å². The summed E-state index contributed by atoms with van der Waals surface area (Å²) in [7, 11) is 0. The Morgan fingerprint density at radius 1 is 1.38 bits per heavy atom. The number of carboxylic acids is 1. The van der Waals surface area contributed by atoms with E-state index in [0.717, 1.165) is 5.69 Å². The van der Waals surface area contributed by atoms with Gasteiger partial charge in [0.05, 0.1) is 17.7 Å². The van der Waals surface area contributed by atoms with Crippen molar-refractivity contribution in [3.05, 3.63) is 42.2 Å². The number of urea groups is 1. The highest BCUT2D eigenvalue weighted by Crippen LogP contribution is 2.09. The smallest absolute Gasteiger partial charge is 0.356 e. The first-order valence-corrected chi connectivity index (χ1v) is 6.28. The number of anilines is 1. The molecule has 2 aromatic rings. The number of hydrogen-bond acceptors (Lipinski definition) is 4. The number of imidazole rings is 1. The lowest BCUT2D eigenvalue weighted by Gasteiger charge is -2.09. The van der Waals surface area contributed by atoms with E-state index in [4.69, 9.17) is 5.11 Å². The highest BCUT2D eigenvalue weighted by molar-refractivity contribution is 5.89. The molecule has 0 saturated heterocycles. The fourth-order valence-electron chi connectivity index (χ4n) is 1.67. The first-order valence-electron chi connectivity index (χ1n) is 6.28. The van der Waals surface area contributed by atoms with Crippen LogP contribution in [0.2, 0.25) is 0 Å². The zero-order chi connectivity index (χ0) is 15.2. The maximum absolute atomic E-state index is 11.7. The van der Waals surface area contributed by atoms with E-state index in [1.807, 2.05) is 0 Å². The molecule has 2 heterocycles. The Kier molecular flexibility index (Phi) is 4.50. The molecule has 0 unspecified atom stereocenters. The molecule has 2 aromatic heterocycles. The molecule has 21 heavy (non-hydrogen) atoms. The summed E-state index contributed by atoms with van der Waals surface area (Å²) in [6.45, 7) is 2.58. The summed E-state index contributed by atoms with van der Waals surface area (Å²) in [5.41, 5.74) is 1.35. The fraction of sp³-hybridized carbons (Fsp3) is 0.231. The van der Waals surface area contributed by atoms with E-state index in [2.05, 4.69) is 20.6 Å². The van der Waals surface area contributed by atoms with Crippen LogP contribution >= 0.6 is 0 Å². The third-order valence-corrected chi connectivity index (χ3v) is 2.76. The molecule has 0 aliphatic rings. The van der Waals surface area contributed by atoms with Crippen molar-refractivity contribution in [1.82, 2.24) is 19.9 Å². The van der Waals surface area contributed by atoms with Gasteiger partial charge < -0.3 is 20.3 Å². The molecule has 3 N–H and O–H groups in total. The average Bonchev–Trinajstić information content (AvgIpc) is 2.90. The van der Waals surface area contributed by atoms with Gasteiger partial charge in [-0.05, 0) is 19.1 Å². The topological polar surface area (TPSA) is 109 Å². The molecule has 0 radical (unpaired) electrons. The van der Waals surface area contributed by atoms with Gasteiger partial charge >= 0.3 is 12.0 Å². The monoisotopic (exact) mass is 289 g/mol. The van der Waals surface area contributed by atoms with Gasteiger partial charge in [0.2, 0.25) is 0 Å². The van der Waals surface area contributed by atoms with E-state index < -0.39 is 5.97 Å². The highest BCUT2D eigenvalue weighted by Gasteiger charge is 2.07. The van der Waals surface area contributed by atoms with Crippen LogP contribution in [0.3, 0.4) is 0 Å². The Balaban J connectivity index is 1.79. The van der Waals surface area contributed by atoms with Crippen LogP contribution in [0.15, 0.2) is 30.9 Å². The van der Waals surface area contributed by atoms with Crippen LogP contribution in [-0.4, -0.2) is 38.2 Å². The van der Waals surface area contributed by atoms with E-state index >= 15 is 0 Å². The zero-order valence-corrected chi connectivity index (χ0v) is 11.4. The van der Waals surface area contributed by atoms with Gasteiger partial charge in [-0.25, -0.2) is 14.6 Å². The van der Waals surface area contributed by atoms with Crippen LogP contribution in [-0.2, 0) is 6.54 Å². The lowest BCUT2D eigenvalue weighted by atomic mass is 10.3. The van der Waals surface area contributed by atoms with Crippen LogP contribution < -0.4 is 10.6 Å². The van der Waals surface area contributed by atoms with Crippen LogP contribution in [0.1, 0.15) is 16.2 Å². The molecule has 2 rings (SSSR count). The van der Waals surface area contributed by atoms with Crippen LogP contribution in [0.5, 0.6) is 0 Å². The molecular formula is C13H15N5O3. The van der Waals surface area contributed by atoms with E-state index in [-0.39, 0.29) is 11.7 Å². The van der Waals surface area contributed by atoms with Gasteiger partial charge in [-0.1, -0.05) is 0 Å². The quantitative estimate of drug-likeness (QED) is 0.763. The lowest BCUT2D eigenvalue weighted by molar-refractivity contribution is 0.0691. The van der Waals surface area contributed by atoms with E-state index in [1.54, 1.807) is 29.8 Å². The van der Waals surface area contributed by atoms with Gasteiger partial charge in [0.25, 0.3) is 0 Å². The standard InChI is InChI=1S/C13H15N5O3/c1-9-10(3-2-4-14-9)17-13(21)15-5-6-18-7-11(12(19)20)16-8-18/h2-4,7-8H,5-6H2,1H3,(H,19,20)(H2,15,17,21). The summed E-state index contributed by atoms with van der Waals surface area (Å²) in [5, 5.41) is 14.1. The Bertz CT molecular complexity index is 653. The number of amides is 2. The number of carbonyl (C=O) groups excluding carboxylic acids is 1. The van der Waals surface area contributed by atoms with Gasteiger partial charge in [0.1, 0.15) is 0 Å². The number of nitrogens with zero attached hydrogens (tertiary/aromatic N) is 3. The summed E-state index contributed by atoms with van der Waals surface area (Å²) in [4.78, 5) is 30.2. The molecule has 110 valence electrons. The van der Waals surface area contributed by atoms with Crippen LogP contribution in [0.25, 0.3) is 0 Å². The maximum atomic E-state index is 11.7. The molecule has 0 bridgehead atoms. The Hall–Kier alpha value is -2.90. The predicted molar refractivity (Wildman–Crippen MR) is 75.2 cm³/mol. The molecule has 0 spiro atoms. The summed E-state index contributed by atoms with van der Waals surface area (Å²) in [6.07, 6.45) is 4.47. The highest BCUT2D eigenvalue weighted by atomic mass is 16.4. The maximum Gasteiger partial charge on any atom is 0.356 e. The van der Waals surface area contributed by atoms with Crippen molar-refractivity contribution in [3.8, 4) is 0 Å². The number of hydrogen-bond donors (Lipinski definition) is 3. The number of rotatable bonds is 5. The minimum Gasteiger partial charge on any atom is -0.476 e. The average molecular weight is 289 g/mol. The van der Waals surface area contributed by atoms with Crippen molar-refractivity contribution in [2.45, 2.75) is 13.5 Å². The minimum absolute atomic E-state index is 0.0227. The van der Waals surface area contributed by atoms with E-state index in [0.29, 0.717) is 18.8 Å². The molecule has 8 heteroatoms. The third kappa shape index (κ3) is 4.03. The normalized spacial score (nSPS) is 10.1. The molecule has 0 aliphatic carbocycles. The summed E-state index contributed by atoms with van der Waals surface area (Å²) < 4.78 is 1.60. The van der Waals surface area contributed by atoms with Crippen molar-refractivity contribution in [3.63, 3.8) is 0 Å². The largest absolute Gasteiger partial charge is 0.476 e. The molecular weight excluding hydrogens is 274 g/mol. The molecule has 0 aromatic carbocycles. The SMILES string of the molecule is Cc1ncccc1NC(=O)NCCn1cnc(C(=O)O)c1. The van der Waals surface area contributed by atoms with Crippen LogP contribution in [0, 0.1) is 6.92 Å². The molecule has 0 saturated carbocycles. The Morgan fingerprint density at radius 2 is 2.19 bits per heavy atom. The number of aromatic nitrogens is 3. The fourth-order valence-corrected chi connectivity index (χ4v) is 1.67. The summed E-state index contributed by atoms with van der Waals surface area (Å²) in [5.74, 6) is -1.08. The zero-order valence-electron chi connectivity index (χ0n) is 11.4. The van der Waals surface area contributed by atoms with Crippen molar-refractivity contribution >= 4 is 17.7 Å². The third-order valence-electron chi connectivity index (χ3n) is 2.76. The predicted octanol–water partition coefficient (Wildman–Crippen LogP) is 1.11. The number of nitrogens with one attached hydrogen (secondary N) is 2. The lowest BCUT2D eigenvalue weighted by Crippen LogP contribution is -2.31. The summed E-state index contributed by atoms with van der Waals surface area (Å²) >= 11 is 0. The first-order chi connectivity index (χ1) is 10.1. The molecule has 0 atom stereocenters.